The van der Waals surface area contributed by atoms with Gasteiger partial charge in [-0.3, -0.25) is 0 Å². The third-order valence-corrected chi connectivity index (χ3v) is 3.88. The van der Waals surface area contributed by atoms with Crippen LogP contribution < -0.4 is 0 Å². The van der Waals surface area contributed by atoms with E-state index in [2.05, 4.69) is 4.98 Å². The first kappa shape index (κ1) is 18.2. The van der Waals surface area contributed by atoms with Crippen molar-refractivity contribution >= 4 is 10.9 Å². The molecule has 0 saturated heterocycles. The second-order valence-electron chi connectivity index (χ2n) is 5.61. The Morgan fingerprint density at radius 1 is 0.808 bits per heavy atom. The van der Waals surface area contributed by atoms with Crippen molar-refractivity contribution in [3.8, 4) is 0 Å². The lowest BCUT2D eigenvalue weighted by molar-refractivity contribution is -0.142. The number of fused-ring (bicyclic) bond motifs is 1. The van der Waals surface area contributed by atoms with E-state index >= 15 is 0 Å². The fraction of sp³-hybridized carbons (Fsp3) is 0.167. The number of alkyl halides is 6. The molecule has 0 spiro atoms. The number of nitrogens with zero attached hydrogens (tertiary/aromatic N) is 1. The van der Waals surface area contributed by atoms with E-state index in [-0.39, 0.29) is 16.5 Å². The van der Waals surface area contributed by atoms with Gasteiger partial charge in [0.05, 0.1) is 11.1 Å². The summed E-state index contributed by atoms with van der Waals surface area (Å²) in [7, 11) is 0. The number of halogens is 6. The smallest absolute Gasteiger partial charge is 0.384 e. The van der Waals surface area contributed by atoms with Gasteiger partial charge in [-0.05, 0) is 23.3 Å². The van der Waals surface area contributed by atoms with Crippen LogP contribution in [0.4, 0.5) is 26.3 Å². The first-order chi connectivity index (χ1) is 12.1. The average Bonchev–Trinajstić information content (AvgIpc) is 2.58. The van der Waals surface area contributed by atoms with E-state index in [9.17, 15) is 31.4 Å². The molecular weight excluding hydrogens is 360 g/mol. The number of hydrogen-bond acceptors (Lipinski definition) is 2. The number of pyridine rings is 1. The van der Waals surface area contributed by atoms with Crippen LogP contribution in [0, 0.1) is 0 Å². The maximum atomic E-state index is 13.2. The van der Waals surface area contributed by atoms with Gasteiger partial charge in [0.15, 0.2) is 0 Å². The highest BCUT2D eigenvalue weighted by molar-refractivity contribution is 5.86. The zero-order chi connectivity index (χ0) is 19.1. The summed E-state index contributed by atoms with van der Waals surface area (Å²) in [6.07, 6.45) is -11.4. The summed E-state index contributed by atoms with van der Waals surface area (Å²) in [5.41, 5.74) is -3.67. The topological polar surface area (TPSA) is 33.1 Å². The molecule has 0 bridgehead atoms. The Hall–Kier alpha value is -2.61. The Bertz CT molecular complexity index is 934. The van der Waals surface area contributed by atoms with Gasteiger partial charge in [-0.2, -0.15) is 26.3 Å². The molecule has 0 fully saturated rings. The molecular formula is C18H11F6NO. The molecule has 3 rings (SSSR count). The summed E-state index contributed by atoms with van der Waals surface area (Å²) >= 11 is 0. The summed E-state index contributed by atoms with van der Waals surface area (Å²) < 4.78 is 79.1. The van der Waals surface area contributed by atoms with Crippen molar-refractivity contribution in [1.29, 1.82) is 0 Å². The molecule has 1 unspecified atom stereocenters. The molecule has 1 N–H and O–H groups in total. The van der Waals surface area contributed by atoms with E-state index < -0.39 is 35.2 Å². The van der Waals surface area contributed by atoms with Gasteiger partial charge in [0.25, 0.3) is 0 Å². The van der Waals surface area contributed by atoms with Gasteiger partial charge < -0.3 is 5.11 Å². The third-order valence-electron chi connectivity index (χ3n) is 3.88. The van der Waals surface area contributed by atoms with Gasteiger partial charge in [-0.1, -0.05) is 42.5 Å². The van der Waals surface area contributed by atoms with Crippen molar-refractivity contribution in [1.82, 2.24) is 4.98 Å². The van der Waals surface area contributed by atoms with Gasteiger partial charge in [0.2, 0.25) is 0 Å². The minimum atomic E-state index is -4.96. The molecule has 3 aromatic rings. The van der Waals surface area contributed by atoms with Crippen LogP contribution in [0.2, 0.25) is 0 Å². The van der Waals surface area contributed by atoms with Crippen molar-refractivity contribution < 1.29 is 31.4 Å². The molecule has 2 aromatic carbocycles. The average molecular weight is 371 g/mol. The van der Waals surface area contributed by atoms with E-state index in [0.717, 1.165) is 6.07 Å². The number of rotatable bonds is 2. The van der Waals surface area contributed by atoms with Crippen LogP contribution in [0.25, 0.3) is 10.9 Å². The molecule has 0 aliphatic rings. The monoisotopic (exact) mass is 371 g/mol. The van der Waals surface area contributed by atoms with Gasteiger partial charge in [-0.15, -0.1) is 0 Å². The molecule has 0 aliphatic carbocycles. The molecule has 1 heterocycles. The maximum absolute atomic E-state index is 13.2. The highest BCUT2D eigenvalue weighted by Gasteiger charge is 2.38. The molecule has 136 valence electrons. The fourth-order valence-electron chi connectivity index (χ4n) is 2.69. The first-order valence-corrected chi connectivity index (χ1v) is 7.40. The molecule has 0 saturated carbocycles. The van der Waals surface area contributed by atoms with Gasteiger partial charge in [-0.25, -0.2) is 4.98 Å². The minimum absolute atomic E-state index is 0.191. The second kappa shape index (κ2) is 6.28. The summed E-state index contributed by atoms with van der Waals surface area (Å²) in [4.78, 5) is 3.19. The maximum Gasteiger partial charge on any atom is 0.433 e. The minimum Gasteiger partial charge on any atom is -0.384 e. The summed E-state index contributed by atoms with van der Waals surface area (Å²) in [6.45, 7) is 0. The normalized spacial score (nSPS) is 13.8. The SMILES string of the molecule is OC(c1ccccc1)c1cc(C(F)(F)F)nc2c(C(F)(F)F)cccc12. The van der Waals surface area contributed by atoms with Crippen molar-refractivity contribution in [3.63, 3.8) is 0 Å². The predicted octanol–water partition coefficient (Wildman–Crippen LogP) is 5.35. The lowest BCUT2D eigenvalue weighted by Crippen LogP contribution is -2.14. The van der Waals surface area contributed by atoms with E-state index in [0.29, 0.717) is 12.1 Å². The molecule has 2 nitrogen and oxygen atoms in total. The summed E-state index contributed by atoms with van der Waals surface area (Å²) in [5.74, 6) is 0. The van der Waals surface area contributed by atoms with E-state index in [1.807, 2.05) is 0 Å². The van der Waals surface area contributed by atoms with Crippen molar-refractivity contribution in [2.45, 2.75) is 18.5 Å². The molecule has 1 aromatic heterocycles. The van der Waals surface area contributed by atoms with Gasteiger partial charge in [0.1, 0.15) is 11.8 Å². The molecule has 0 aliphatic heterocycles. The van der Waals surface area contributed by atoms with Gasteiger partial charge in [0, 0.05) is 5.39 Å². The Kier molecular flexibility index (Phi) is 4.39. The Labute approximate surface area is 143 Å². The number of hydrogen-bond donors (Lipinski definition) is 1. The Morgan fingerprint density at radius 2 is 1.46 bits per heavy atom. The van der Waals surface area contributed by atoms with Crippen LogP contribution in [0.3, 0.4) is 0 Å². The number of aromatic nitrogens is 1. The van der Waals surface area contributed by atoms with Crippen LogP contribution in [0.1, 0.15) is 28.5 Å². The molecule has 8 heteroatoms. The predicted molar refractivity (Wildman–Crippen MR) is 82.3 cm³/mol. The number of aliphatic hydroxyl groups is 1. The summed E-state index contributed by atoms with van der Waals surface area (Å²) in [6, 6.07) is 11.2. The standard InChI is InChI=1S/C18H11F6NO/c19-17(20,21)13-8-4-7-11-12(16(26)10-5-2-1-3-6-10)9-14(18(22,23)24)25-15(11)13/h1-9,16,26H. The van der Waals surface area contributed by atoms with E-state index in [1.165, 1.54) is 18.2 Å². The Morgan fingerprint density at radius 3 is 2.04 bits per heavy atom. The van der Waals surface area contributed by atoms with Crippen molar-refractivity contribution in [3.05, 3.63) is 77.0 Å². The van der Waals surface area contributed by atoms with Crippen molar-refractivity contribution in [2.75, 3.05) is 0 Å². The van der Waals surface area contributed by atoms with Crippen LogP contribution in [0.15, 0.2) is 54.6 Å². The highest BCUT2D eigenvalue weighted by Crippen LogP contribution is 2.39. The van der Waals surface area contributed by atoms with E-state index in [1.54, 1.807) is 18.2 Å². The molecule has 0 radical (unpaired) electrons. The second-order valence-corrected chi connectivity index (χ2v) is 5.61. The van der Waals surface area contributed by atoms with Crippen molar-refractivity contribution in [2.24, 2.45) is 0 Å². The zero-order valence-corrected chi connectivity index (χ0v) is 12.9. The van der Waals surface area contributed by atoms with Gasteiger partial charge >= 0.3 is 12.4 Å². The lowest BCUT2D eigenvalue weighted by atomic mass is 9.95. The number of aliphatic hydroxyl groups excluding tert-OH is 1. The molecule has 0 amide bonds. The third kappa shape index (κ3) is 3.37. The van der Waals surface area contributed by atoms with Crippen LogP contribution in [-0.4, -0.2) is 10.1 Å². The Balaban J connectivity index is 2.34. The number of benzene rings is 2. The summed E-state index contributed by atoms with van der Waals surface area (Å²) in [5, 5.41) is 10.3. The molecule has 1 atom stereocenters. The first-order valence-electron chi connectivity index (χ1n) is 7.40. The van der Waals surface area contributed by atoms with Crippen LogP contribution in [-0.2, 0) is 12.4 Å². The molecule has 26 heavy (non-hydrogen) atoms. The van der Waals surface area contributed by atoms with E-state index in [4.69, 9.17) is 0 Å². The zero-order valence-electron chi connectivity index (χ0n) is 12.9. The van der Waals surface area contributed by atoms with Crippen LogP contribution >= 0.6 is 0 Å². The quantitative estimate of drug-likeness (QED) is 0.616. The number of para-hydroxylation sites is 1. The highest BCUT2D eigenvalue weighted by atomic mass is 19.4. The largest absolute Gasteiger partial charge is 0.433 e. The van der Waals surface area contributed by atoms with Crippen LogP contribution in [0.5, 0.6) is 0 Å². The fourth-order valence-corrected chi connectivity index (χ4v) is 2.69. The lowest BCUT2D eigenvalue weighted by Gasteiger charge is -2.18.